The van der Waals surface area contributed by atoms with E-state index in [1.807, 2.05) is 0 Å². The Morgan fingerprint density at radius 3 is 1.53 bits per heavy atom. The van der Waals surface area contributed by atoms with Crippen LogP contribution in [0.25, 0.3) is 0 Å². The average molecular weight is 426 g/mol. The normalized spacial score (nSPS) is 34.0. The molecule has 1 aliphatic carbocycles. The van der Waals surface area contributed by atoms with Crippen molar-refractivity contribution in [2.75, 3.05) is 39.6 Å². The highest BCUT2D eigenvalue weighted by molar-refractivity contribution is 5.83. The van der Waals surface area contributed by atoms with E-state index in [0.717, 1.165) is 6.61 Å². The van der Waals surface area contributed by atoms with Crippen LogP contribution in [0.15, 0.2) is 0 Å². The molecule has 4 aliphatic rings. The van der Waals surface area contributed by atoms with E-state index < -0.39 is 29.7 Å². The minimum absolute atomic E-state index is 0.160. The first kappa shape index (κ1) is 21.5. The van der Waals surface area contributed by atoms with Crippen LogP contribution < -0.4 is 0 Å². The molecule has 6 unspecified atom stereocenters. The van der Waals surface area contributed by atoms with Crippen LogP contribution in [0, 0.1) is 17.8 Å². The van der Waals surface area contributed by atoms with Crippen LogP contribution in [0.5, 0.6) is 0 Å². The lowest BCUT2D eigenvalue weighted by atomic mass is 9.74. The van der Waals surface area contributed by atoms with Gasteiger partial charge in [0.15, 0.2) is 0 Å². The zero-order valence-corrected chi connectivity index (χ0v) is 17.1. The Kier molecular flexibility index (Phi) is 7.22. The fourth-order valence-corrected chi connectivity index (χ4v) is 3.84. The van der Waals surface area contributed by atoms with Gasteiger partial charge in [-0.25, -0.2) is 0 Å². The van der Waals surface area contributed by atoms with Crippen molar-refractivity contribution in [1.82, 2.24) is 0 Å². The molecule has 30 heavy (non-hydrogen) atoms. The predicted octanol–water partition coefficient (Wildman–Crippen LogP) is 1.02. The number of hydrogen-bond acceptors (Lipinski definition) is 9. The van der Waals surface area contributed by atoms with E-state index in [0.29, 0.717) is 51.9 Å². The molecule has 3 aliphatic heterocycles. The third kappa shape index (κ3) is 6.65. The lowest BCUT2D eigenvalue weighted by molar-refractivity contribution is -0.167. The van der Waals surface area contributed by atoms with Gasteiger partial charge in [0.05, 0.1) is 75.7 Å². The summed E-state index contributed by atoms with van der Waals surface area (Å²) in [6.07, 6.45) is 3.65. The van der Waals surface area contributed by atoms with Gasteiger partial charge in [0, 0.05) is 19.3 Å². The van der Waals surface area contributed by atoms with Gasteiger partial charge in [0.1, 0.15) is 0 Å². The molecular formula is C21H30O9. The smallest absolute Gasteiger partial charge is 0.309 e. The molecule has 0 bridgehead atoms. The topological polar surface area (TPSA) is 116 Å². The van der Waals surface area contributed by atoms with Crippen molar-refractivity contribution in [3.8, 4) is 0 Å². The maximum Gasteiger partial charge on any atom is 0.309 e. The van der Waals surface area contributed by atoms with Crippen LogP contribution in [0.4, 0.5) is 0 Å². The summed E-state index contributed by atoms with van der Waals surface area (Å²) in [5.41, 5.74) is 0. The highest BCUT2D eigenvalue weighted by Crippen LogP contribution is 2.37. The first-order chi connectivity index (χ1) is 14.6. The molecule has 9 nitrogen and oxygen atoms in total. The van der Waals surface area contributed by atoms with Crippen LogP contribution in [-0.4, -0.2) is 75.9 Å². The second-order valence-electron chi connectivity index (χ2n) is 8.46. The first-order valence-corrected chi connectivity index (χ1v) is 10.9. The highest BCUT2D eigenvalue weighted by Gasteiger charge is 2.44. The fourth-order valence-electron chi connectivity index (χ4n) is 3.84. The molecule has 168 valence electrons. The zero-order valence-electron chi connectivity index (χ0n) is 17.1. The number of ether oxygens (including phenoxy) is 6. The van der Waals surface area contributed by atoms with Gasteiger partial charge in [-0.05, 0) is 19.3 Å². The Balaban J connectivity index is 1.28. The Morgan fingerprint density at radius 2 is 1.07 bits per heavy atom. The van der Waals surface area contributed by atoms with E-state index in [1.165, 1.54) is 0 Å². The van der Waals surface area contributed by atoms with Gasteiger partial charge in [-0.1, -0.05) is 0 Å². The average Bonchev–Trinajstić information content (AvgIpc) is 3.59. The lowest BCUT2D eigenvalue weighted by Gasteiger charge is -2.32. The molecule has 3 saturated heterocycles. The van der Waals surface area contributed by atoms with E-state index in [1.54, 1.807) is 0 Å². The van der Waals surface area contributed by atoms with Crippen LogP contribution in [-0.2, 0) is 42.8 Å². The number of rotatable bonds is 12. The molecule has 3 heterocycles. The van der Waals surface area contributed by atoms with E-state index in [4.69, 9.17) is 28.4 Å². The number of hydrogen-bond donors (Lipinski definition) is 0. The van der Waals surface area contributed by atoms with Gasteiger partial charge in [0.2, 0.25) is 0 Å². The van der Waals surface area contributed by atoms with Crippen LogP contribution in [0.2, 0.25) is 0 Å². The molecule has 0 spiro atoms. The van der Waals surface area contributed by atoms with E-state index in [9.17, 15) is 14.4 Å². The van der Waals surface area contributed by atoms with Gasteiger partial charge in [-0.2, -0.15) is 0 Å². The second-order valence-corrected chi connectivity index (χ2v) is 8.46. The maximum absolute atomic E-state index is 12.7. The van der Waals surface area contributed by atoms with Crippen LogP contribution >= 0.6 is 0 Å². The quantitative estimate of drug-likeness (QED) is 0.256. The Bertz CT molecular complexity index is 624. The fraction of sp³-hybridized carbons (Fsp3) is 0.857. The molecule has 6 atom stereocenters. The van der Waals surface area contributed by atoms with Crippen molar-refractivity contribution in [2.24, 2.45) is 17.8 Å². The van der Waals surface area contributed by atoms with Crippen molar-refractivity contribution in [3.05, 3.63) is 0 Å². The highest BCUT2D eigenvalue weighted by atomic mass is 16.6. The van der Waals surface area contributed by atoms with Crippen molar-refractivity contribution >= 4 is 17.9 Å². The molecule has 0 aromatic rings. The van der Waals surface area contributed by atoms with Gasteiger partial charge in [-0.15, -0.1) is 0 Å². The first-order valence-electron chi connectivity index (χ1n) is 10.9. The largest absolute Gasteiger partial charge is 0.465 e. The number of carbonyl (C=O) groups excluding carboxylic acids is 3. The standard InChI is InChI=1S/C21H30O9/c22-19(25-6-3-14-10-28-14)13-1-2-17(20(23)26-7-4-15-11-29-15)18(9-13)21(24)27-8-5-16-12-30-16/h13-18H,1-12H2. The molecule has 0 radical (unpaired) electrons. The van der Waals surface area contributed by atoms with Gasteiger partial charge in [0.25, 0.3) is 0 Å². The second kappa shape index (κ2) is 10.1. The molecule has 0 aromatic heterocycles. The lowest BCUT2D eigenvalue weighted by Crippen LogP contribution is -2.40. The molecule has 0 N–H and O–H groups in total. The summed E-state index contributed by atoms with van der Waals surface area (Å²) >= 11 is 0. The van der Waals surface area contributed by atoms with Crippen molar-refractivity contribution in [3.63, 3.8) is 0 Å². The summed E-state index contributed by atoms with van der Waals surface area (Å²) in [6, 6.07) is 0. The monoisotopic (exact) mass is 426 g/mol. The molecule has 9 heteroatoms. The Morgan fingerprint density at radius 1 is 0.633 bits per heavy atom. The number of carbonyl (C=O) groups is 3. The molecular weight excluding hydrogens is 396 g/mol. The molecule has 1 saturated carbocycles. The summed E-state index contributed by atoms with van der Waals surface area (Å²) in [7, 11) is 0. The summed E-state index contributed by atoms with van der Waals surface area (Å²) < 4.78 is 31.5. The van der Waals surface area contributed by atoms with Gasteiger partial charge < -0.3 is 28.4 Å². The summed E-state index contributed by atoms with van der Waals surface area (Å²) in [6.45, 7) is 2.95. The number of epoxide rings is 3. The predicted molar refractivity (Wildman–Crippen MR) is 100 cm³/mol. The van der Waals surface area contributed by atoms with Crippen LogP contribution in [0.1, 0.15) is 38.5 Å². The summed E-state index contributed by atoms with van der Waals surface area (Å²) in [4.78, 5) is 37.8. The van der Waals surface area contributed by atoms with Gasteiger partial charge >= 0.3 is 17.9 Å². The zero-order chi connectivity index (χ0) is 20.9. The number of esters is 3. The van der Waals surface area contributed by atoms with Gasteiger partial charge in [-0.3, -0.25) is 14.4 Å². The molecule has 0 amide bonds. The maximum atomic E-state index is 12.7. The third-order valence-electron chi connectivity index (χ3n) is 6.05. The van der Waals surface area contributed by atoms with E-state index >= 15 is 0 Å². The Labute approximate surface area is 175 Å². The summed E-state index contributed by atoms with van der Waals surface area (Å²) in [5, 5.41) is 0. The third-order valence-corrected chi connectivity index (χ3v) is 6.05. The molecule has 0 aromatic carbocycles. The SMILES string of the molecule is O=C(OCCC1CO1)C1CCC(C(=O)OCCC2CO2)C(C(=O)OCCC2CO2)C1. The van der Waals surface area contributed by atoms with Crippen LogP contribution in [0.3, 0.4) is 0 Å². The minimum atomic E-state index is -0.701. The van der Waals surface area contributed by atoms with Crippen molar-refractivity contribution in [1.29, 1.82) is 0 Å². The summed E-state index contributed by atoms with van der Waals surface area (Å²) in [5.74, 6) is -2.89. The molecule has 4 rings (SSSR count). The van der Waals surface area contributed by atoms with Crippen molar-refractivity contribution in [2.45, 2.75) is 56.8 Å². The van der Waals surface area contributed by atoms with E-state index in [-0.39, 0.29) is 43.9 Å². The minimum Gasteiger partial charge on any atom is -0.465 e. The molecule has 4 fully saturated rings. The Hall–Kier alpha value is -1.71. The van der Waals surface area contributed by atoms with E-state index in [2.05, 4.69) is 0 Å². The van der Waals surface area contributed by atoms with Crippen molar-refractivity contribution < 1.29 is 42.8 Å².